The van der Waals surface area contributed by atoms with Crippen LogP contribution in [0.1, 0.15) is 0 Å². The van der Waals surface area contributed by atoms with Gasteiger partial charge in [0.05, 0.1) is 0 Å². The van der Waals surface area contributed by atoms with Gasteiger partial charge in [-0.25, -0.2) is 0 Å². The van der Waals surface area contributed by atoms with Crippen LogP contribution in [0.5, 0.6) is 0 Å². The third-order valence-corrected chi connectivity index (χ3v) is 0. The summed E-state index contributed by atoms with van der Waals surface area (Å²) in [6.45, 7) is 0. The first kappa shape index (κ1) is 108. The summed E-state index contributed by atoms with van der Waals surface area (Å²) in [6, 6.07) is 0. The van der Waals surface area contributed by atoms with E-state index < -0.39 is 82.3 Å². The number of rotatable bonds is 0. The van der Waals surface area contributed by atoms with Crippen molar-refractivity contribution in [2.24, 2.45) is 0 Å². The largest absolute Gasteiger partial charge is 4.00 e. The van der Waals surface area contributed by atoms with Crippen LogP contribution in [0.3, 0.4) is 0 Å². The fourth-order valence-corrected chi connectivity index (χ4v) is 0. The summed E-state index contributed by atoms with van der Waals surface area (Å²) in [5, 5.41) is 0. The molecule has 0 aromatic heterocycles. The molecular weight excluding hydrogens is 1400 g/mol. The van der Waals surface area contributed by atoms with E-state index in [1.165, 1.54) is 0 Å². The summed E-state index contributed by atoms with van der Waals surface area (Å²) in [7, 11) is 0. The van der Waals surface area contributed by atoms with Crippen molar-refractivity contribution >= 4 is 82.3 Å². The number of hydrogen-bond acceptors (Lipinski definition) is 10. The maximum Gasteiger partial charge on any atom is 4.00 e. The van der Waals surface area contributed by atoms with E-state index in [1.54, 1.807) is 0 Å². The molecule has 0 saturated carbocycles. The van der Waals surface area contributed by atoms with Gasteiger partial charge in [0.1, 0.15) is 0 Å². The van der Waals surface area contributed by atoms with Crippen LogP contribution >= 0.6 is 0 Å². The average molecular weight is 1400 g/mol. The first-order valence-corrected chi connectivity index (χ1v) is 16.7. The predicted molar refractivity (Wildman–Crippen MR) is 30.9 cm³/mol. The molecule has 0 atom stereocenters. The van der Waals surface area contributed by atoms with Gasteiger partial charge in [0.25, 0.3) is 0 Å². The van der Waals surface area contributed by atoms with Gasteiger partial charge in [0.15, 0.2) is 0 Å². The van der Waals surface area contributed by atoms with Crippen LogP contribution in [0.4, 0.5) is 0 Å². The molecule has 0 aromatic rings. The Kier molecular flexibility index (Phi) is 383. The van der Waals surface area contributed by atoms with E-state index in [9.17, 15) is 0 Å². The molecule has 0 amide bonds. The maximum absolute atomic E-state index is 8.84. The molecule has 0 aromatic carbocycles. The van der Waals surface area contributed by atoms with Gasteiger partial charge < -0.3 is 5.48 Å². The van der Waals surface area contributed by atoms with Crippen LogP contribution < -0.4 is 20.7 Å². The summed E-state index contributed by atoms with van der Waals surface area (Å²) in [6.07, 6.45) is 0. The SMILES string of the molecule is [Ag].[Ag].[O-2].[O]=[Sn]([O-])[O-].[O]=[Sn]([O-])[O-].[O]=[Sn]([O-])[O-].[O]=[Sn]([OH])[OH].[Ti+4].[Ti].[Ti].[Ti].[Ti].[Zn+2].[Zn+2].[Zn].[Zn]. The zero-order chi connectivity index (χ0) is 14.3. The molecule has 0 saturated heterocycles. The molecule has 2 radical (unpaired) electrons. The average Bonchev–Trinajstić information content (AvgIpc) is 1.76. The molecule has 0 bridgehead atoms. The smallest absolute Gasteiger partial charge is 0 e. The van der Waals surface area contributed by atoms with E-state index in [0.29, 0.717) is 0 Å². The van der Waals surface area contributed by atoms with E-state index in [4.69, 9.17) is 39.9 Å². The second-order valence-corrected chi connectivity index (χ2v) is 6.93. The van der Waals surface area contributed by atoms with Gasteiger partial charge in [-0.3, -0.25) is 0 Å². The zero-order valence-electron chi connectivity index (χ0n) is 13.3. The van der Waals surface area contributed by atoms with Gasteiger partial charge in [-0.2, -0.15) is 0 Å². The molecule has 0 aliphatic carbocycles. The molecule has 0 fully saturated rings. The third-order valence-electron chi connectivity index (χ3n) is 0. The van der Waals surface area contributed by atoms with Crippen molar-refractivity contribution in [2.45, 2.75) is 0 Å². The first-order valence-electron chi connectivity index (χ1n) is 2.49. The molecule has 0 heterocycles. The first-order chi connectivity index (χ1) is 6.93. The van der Waals surface area contributed by atoms with Crippen molar-refractivity contribution in [3.63, 3.8) is 0 Å². The molecular formula is H2Ag2O13Sn4Ti5Zn4. The van der Waals surface area contributed by atoms with E-state index in [-0.39, 0.29) is 237 Å². The monoisotopic (exact) mass is 1400 g/mol. The van der Waals surface area contributed by atoms with Crippen molar-refractivity contribution in [1.82, 2.24) is 0 Å². The molecule has 0 aliphatic heterocycles. The Labute approximate surface area is 350 Å². The van der Waals surface area contributed by atoms with Gasteiger partial charge in [-0.1, -0.05) is 0 Å². The summed E-state index contributed by atoms with van der Waals surface area (Å²) < 4.78 is 101. The maximum atomic E-state index is 8.84. The molecule has 13 nitrogen and oxygen atoms in total. The van der Waals surface area contributed by atoms with Gasteiger partial charge in [0, 0.05) is 171 Å². The Bertz CT molecular complexity index is 197. The Hall–Kier alpha value is 9.58. The van der Waals surface area contributed by atoms with Crippen molar-refractivity contribution in [2.75, 3.05) is 0 Å². The molecule has 0 aliphatic rings. The molecule has 0 rings (SSSR count). The van der Waals surface area contributed by atoms with E-state index in [0.717, 1.165) is 0 Å². The minimum Gasteiger partial charge on any atom is 0 e. The van der Waals surface area contributed by atoms with Gasteiger partial charge in [0.2, 0.25) is 0 Å². The minimum atomic E-state index is -4.29. The molecule has 2 N–H and O–H groups in total. The van der Waals surface area contributed by atoms with Gasteiger partial charge in [-0.15, -0.1) is 0 Å². The third kappa shape index (κ3) is 464. The quantitative estimate of drug-likeness (QED) is 0.214. The molecule has 28 heteroatoms. The normalized spacial score (nSPS) is 3.71. The zero-order valence-corrected chi connectivity index (χ0v) is 47.4. The Morgan fingerprint density at radius 3 is 0.536 bits per heavy atom. The fraction of sp³-hybridized carbons (Fsp3) is 0. The van der Waals surface area contributed by atoms with Crippen molar-refractivity contribution in [3.05, 3.63) is 0 Å². The van der Waals surface area contributed by atoms with Crippen LogP contribution in [0.15, 0.2) is 0 Å². The number of hydrogen-bond donors (Lipinski definition) is 2. The Morgan fingerprint density at radius 2 is 0.536 bits per heavy atom. The molecule has 146 valence electrons. The van der Waals surface area contributed by atoms with Crippen LogP contribution in [-0.2, 0) is 249 Å². The van der Waals surface area contributed by atoms with E-state index in [2.05, 4.69) is 0 Å². The summed E-state index contributed by atoms with van der Waals surface area (Å²) in [5.41, 5.74) is 0. The van der Waals surface area contributed by atoms with Crippen LogP contribution in [0, 0.1) is 0 Å². The fourth-order valence-electron chi connectivity index (χ4n) is 0. The van der Waals surface area contributed by atoms with Crippen molar-refractivity contribution < 1.29 is 277 Å². The standard InChI is InChI=1S/2Ag.2H2O.11O.4Sn.5Ti.4Zn/h;;2*1H2;;;;;;;;;;;;;;;;;;;;;;;;/q;;;;;;;;-2;6*-1;;;;+2;;;;;+4;;;2*+2/p-2. The van der Waals surface area contributed by atoms with E-state index in [1.807, 2.05) is 0 Å². The minimum absolute atomic E-state index is 0. The van der Waals surface area contributed by atoms with Gasteiger partial charge >= 0.3 is 183 Å². The summed E-state index contributed by atoms with van der Waals surface area (Å²) in [4.78, 5) is 0. The predicted octanol–water partition coefficient (Wildman–Crippen LogP) is -10.4. The van der Waals surface area contributed by atoms with Crippen LogP contribution in [0.2, 0.25) is 0 Å². The van der Waals surface area contributed by atoms with E-state index >= 15 is 0 Å². The second-order valence-electron chi connectivity index (χ2n) is 1.03. The second kappa shape index (κ2) is 99.4. The molecule has 0 spiro atoms. The Balaban J connectivity index is -0.00000000429. The topological polar surface area (TPSA) is 276 Å². The summed E-state index contributed by atoms with van der Waals surface area (Å²) in [5.74, 6) is 0. The van der Waals surface area contributed by atoms with Crippen LogP contribution in [-0.4, -0.2) is 89.2 Å². The Morgan fingerprint density at radius 1 is 0.536 bits per heavy atom. The summed E-state index contributed by atoms with van der Waals surface area (Å²) >= 11 is -16.7. The van der Waals surface area contributed by atoms with Gasteiger partial charge in [-0.05, 0) is 0 Å². The van der Waals surface area contributed by atoms with Crippen molar-refractivity contribution in [1.29, 1.82) is 0 Å². The van der Waals surface area contributed by atoms with Crippen molar-refractivity contribution in [3.8, 4) is 0 Å². The molecule has 28 heavy (non-hydrogen) atoms. The molecule has 0 unspecified atom stereocenters. The van der Waals surface area contributed by atoms with Crippen LogP contribution in [0.25, 0.3) is 0 Å².